The van der Waals surface area contributed by atoms with Crippen molar-refractivity contribution in [3.63, 3.8) is 0 Å². The Balaban J connectivity index is 1.62. The first-order valence-corrected chi connectivity index (χ1v) is 9.00. The molecular weight excluding hydrogens is 388 g/mol. The lowest BCUT2D eigenvalue weighted by Gasteiger charge is -1.98. The fourth-order valence-corrected chi connectivity index (χ4v) is 3.20. The van der Waals surface area contributed by atoms with Crippen molar-refractivity contribution in [2.24, 2.45) is 0 Å². The number of anilines is 1. The number of nitro benzene ring substituents is 1. The normalized spacial score (nSPS) is 10.9. The van der Waals surface area contributed by atoms with Crippen LogP contribution in [0.25, 0.3) is 6.08 Å². The Bertz CT molecular complexity index is 1000. The number of halogens is 1. The molecule has 0 fully saturated rings. The van der Waals surface area contributed by atoms with Crippen LogP contribution in [0.1, 0.15) is 16.1 Å². The highest BCUT2D eigenvalue weighted by Crippen LogP contribution is 2.25. The standard InChI is InChI=1S/C18H13ClN4O3S/c19-14-8-6-13(10-15(14)23(25)26)7-9-16(24)20-18-22-21-17(27-18)11-12-4-2-1-3-5-12/h1-10H,11H2,(H,20,22,24)/b9-7+. The summed E-state index contributed by atoms with van der Waals surface area (Å²) >= 11 is 7.05. The summed E-state index contributed by atoms with van der Waals surface area (Å²) < 4.78 is 0. The van der Waals surface area contributed by atoms with Crippen molar-refractivity contribution in [3.8, 4) is 0 Å². The summed E-state index contributed by atoms with van der Waals surface area (Å²) in [6.07, 6.45) is 3.37. The Labute approximate surface area is 163 Å². The van der Waals surface area contributed by atoms with Gasteiger partial charge in [-0.05, 0) is 23.3 Å². The molecule has 3 rings (SSSR count). The highest BCUT2D eigenvalue weighted by molar-refractivity contribution is 7.15. The van der Waals surface area contributed by atoms with E-state index in [1.54, 1.807) is 6.07 Å². The van der Waals surface area contributed by atoms with Crippen molar-refractivity contribution in [1.82, 2.24) is 10.2 Å². The molecular formula is C18H13ClN4O3S. The molecule has 0 atom stereocenters. The average molecular weight is 401 g/mol. The van der Waals surface area contributed by atoms with Crippen LogP contribution in [0, 0.1) is 10.1 Å². The van der Waals surface area contributed by atoms with E-state index in [0.717, 1.165) is 10.6 Å². The molecule has 7 nitrogen and oxygen atoms in total. The molecule has 0 radical (unpaired) electrons. The summed E-state index contributed by atoms with van der Waals surface area (Å²) in [6, 6.07) is 14.1. The zero-order valence-corrected chi connectivity index (χ0v) is 15.4. The van der Waals surface area contributed by atoms with E-state index < -0.39 is 10.8 Å². The second kappa shape index (κ2) is 8.52. The summed E-state index contributed by atoms with van der Waals surface area (Å²) in [5.41, 5.74) is 1.38. The van der Waals surface area contributed by atoms with Crippen LogP contribution in [-0.4, -0.2) is 21.0 Å². The van der Waals surface area contributed by atoms with Crippen molar-refractivity contribution in [1.29, 1.82) is 0 Å². The quantitative estimate of drug-likeness (QED) is 0.377. The van der Waals surface area contributed by atoms with Crippen molar-refractivity contribution in [3.05, 3.63) is 85.9 Å². The van der Waals surface area contributed by atoms with Gasteiger partial charge in [-0.15, -0.1) is 10.2 Å². The molecule has 0 spiro atoms. The van der Waals surface area contributed by atoms with E-state index in [-0.39, 0.29) is 10.7 Å². The summed E-state index contributed by atoms with van der Waals surface area (Å²) in [5, 5.41) is 22.7. The van der Waals surface area contributed by atoms with Gasteiger partial charge in [0.1, 0.15) is 10.0 Å². The van der Waals surface area contributed by atoms with Gasteiger partial charge in [0.2, 0.25) is 11.0 Å². The fraction of sp³-hybridized carbons (Fsp3) is 0.0556. The maximum atomic E-state index is 12.0. The van der Waals surface area contributed by atoms with E-state index >= 15 is 0 Å². The average Bonchev–Trinajstić information content (AvgIpc) is 3.08. The van der Waals surface area contributed by atoms with Crippen LogP contribution in [0.5, 0.6) is 0 Å². The van der Waals surface area contributed by atoms with Gasteiger partial charge >= 0.3 is 0 Å². The lowest BCUT2D eigenvalue weighted by atomic mass is 10.2. The van der Waals surface area contributed by atoms with E-state index in [9.17, 15) is 14.9 Å². The molecule has 2 aromatic carbocycles. The largest absolute Gasteiger partial charge is 0.297 e. The molecule has 1 amide bonds. The first-order chi connectivity index (χ1) is 13.0. The van der Waals surface area contributed by atoms with E-state index in [2.05, 4.69) is 15.5 Å². The van der Waals surface area contributed by atoms with Gasteiger partial charge in [0, 0.05) is 18.6 Å². The van der Waals surface area contributed by atoms with E-state index in [1.807, 2.05) is 30.3 Å². The molecule has 136 valence electrons. The van der Waals surface area contributed by atoms with Gasteiger partial charge in [-0.2, -0.15) is 0 Å². The van der Waals surface area contributed by atoms with Gasteiger partial charge in [0.25, 0.3) is 5.69 Å². The van der Waals surface area contributed by atoms with Gasteiger partial charge in [-0.3, -0.25) is 20.2 Å². The number of nitrogens with zero attached hydrogens (tertiary/aromatic N) is 3. The maximum absolute atomic E-state index is 12.0. The monoisotopic (exact) mass is 400 g/mol. The van der Waals surface area contributed by atoms with Gasteiger partial charge in [-0.25, -0.2) is 0 Å². The predicted octanol–water partition coefficient (Wildman–Crippen LogP) is 4.34. The molecule has 0 aliphatic heterocycles. The highest BCUT2D eigenvalue weighted by Gasteiger charge is 2.12. The molecule has 27 heavy (non-hydrogen) atoms. The zero-order valence-electron chi connectivity index (χ0n) is 13.8. The van der Waals surface area contributed by atoms with Gasteiger partial charge in [0.15, 0.2) is 0 Å². The smallest absolute Gasteiger partial charge is 0.288 e. The molecule has 1 heterocycles. The molecule has 0 saturated heterocycles. The molecule has 9 heteroatoms. The Morgan fingerprint density at radius 1 is 1.22 bits per heavy atom. The number of amides is 1. The molecule has 0 unspecified atom stereocenters. The Morgan fingerprint density at radius 3 is 2.74 bits per heavy atom. The lowest BCUT2D eigenvalue weighted by molar-refractivity contribution is -0.384. The molecule has 0 bridgehead atoms. The summed E-state index contributed by atoms with van der Waals surface area (Å²) in [7, 11) is 0. The van der Waals surface area contributed by atoms with Crippen LogP contribution < -0.4 is 5.32 Å². The summed E-state index contributed by atoms with van der Waals surface area (Å²) in [5.74, 6) is -0.407. The fourth-order valence-electron chi connectivity index (χ4n) is 2.24. The third-order valence-corrected chi connectivity index (χ3v) is 4.65. The van der Waals surface area contributed by atoms with Crippen LogP contribution in [0.4, 0.5) is 10.8 Å². The molecule has 0 saturated carbocycles. The Morgan fingerprint density at radius 2 is 2.00 bits per heavy atom. The second-order valence-corrected chi connectivity index (χ2v) is 6.92. The molecule has 3 aromatic rings. The number of nitro groups is 1. The first-order valence-electron chi connectivity index (χ1n) is 7.80. The van der Waals surface area contributed by atoms with Gasteiger partial charge in [-0.1, -0.05) is 59.3 Å². The molecule has 0 aliphatic carbocycles. The Kier molecular flexibility index (Phi) is 5.90. The number of hydrogen-bond donors (Lipinski definition) is 1. The van der Waals surface area contributed by atoms with Crippen LogP contribution in [0.3, 0.4) is 0 Å². The second-order valence-electron chi connectivity index (χ2n) is 5.45. The SMILES string of the molecule is O=C(/C=C/c1ccc(Cl)c([N+](=O)[O-])c1)Nc1nnc(Cc2ccccc2)s1. The number of aromatic nitrogens is 2. The maximum Gasteiger partial charge on any atom is 0.288 e. The van der Waals surface area contributed by atoms with E-state index in [4.69, 9.17) is 11.6 Å². The van der Waals surface area contributed by atoms with Crippen LogP contribution in [0.2, 0.25) is 5.02 Å². The van der Waals surface area contributed by atoms with Gasteiger partial charge in [0.05, 0.1) is 4.92 Å². The topological polar surface area (TPSA) is 98.0 Å². The minimum absolute atomic E-state index is 0.0430. The van der Waals surface area contributed by atoms with E-state index in [0.29, 0.717) is 17.1 Å². The third kappa shape index (κ3) is 5.19. The molecule has 1 N–H and O–H groups in total. The van der Waals surface area contributed by atoms with Crippen LogP contribution in [0.15, 0.2) is 54.6 Å². The molecule has 0 aliphatic rings. The minimum Gasteiger partial charge on any atom is -0.297 e. The Hall–Kier alpha value is -3.10. The zero-order chi connectivity index (χ0) is 19.2. The summed E-state index contributed by atoms with van der Waals surface area (Å²) in [6.45, 7) is 0. The van der Waals surface area contributed by atoms with E-state index in [1.165, 1.54) is 35.6 Å². The van der Waals surface area contributed by atoms with Crippen molar-refractivity contribution in [2.75, 3.05) is 5.32 Å². The third-order valence-electron chi connectivity index (χ3n) is 3.49. The molecule has 1 aromatic heterocycles. The van der Waals surface area contributed by atoms with Crippen LogP contribution >= 0.6 is 22.9 Å². The van der Waals surface area contributed by atoms with Crippen molar-refractivity contribution >= 4 is 45.7 Å². The number of benzene rings is 2. The van der Waals surface area contributed by atoms with Crippen molar-refractivity contribution < 1.29 is 9.72 Å². The summed E-state index contributed by atoms with van der Waals surface area (Å²) in [4.78, 5) is 22.3. The number of rotatable bonds is 6. The van der Waals surface area contributed by atoms with Gasteiger partial charge < -0.3 is 0 Å². The lowest BCUT2D eigenvalue weighted by Crippen LogP contribution is -2.07. The highest BCUT2D eigenvalue weighted by atomic mass is 35.5. The first kappa shape index (κ1) is 18.7. The number of carbonyl (C=O) groups excluding carboxylic acids is 1. The number of hydrogen-bond acceptors (Lipinski definition) is 6. The number of carbonyl (C=O) groups is 1. The predicted molar refractivity (Wildman–Crippen MR) is 105 cm³/mol. The van der Waals surface area contributed by atoms with Crippen molar-refractivity contribution in [2.45, 2.75) is 6.42 Å². The minimum atomic E-state index is -0.574. The number of nitrogens with one attached hydrogen (secondary N) is 1. The van der Waals surface area contributed by atoms with Crippen LogP contribution in [-0.2, 0) is 11.2 Å².